The molecule has 1 aliphatic carbocycles. The van der Waals surface area contributed by atoms with E-state index < -0.39 is 0 Å². The number of carbonyl (C=O) groups excluding carboxylic acids is 2. The van der Waals surface area contributed by atoms with Gasteiger partial charge in [0.25, 0.3) is 0 Å². The van der Waals surface area contributed by atoms with E-state index in [1.54, 1.807) is 0 Å². The average molecular weight is 258 g/mol. The predicted octanol–water partition coefficient (Wildman–Crippen LogP) is 1.28. The first kappa shape index (κ1) is 12.6. The van der Waals surface area contributed by atoms with Crippen molar-refractivity contribution in [3.8, 4) is 0 Å². The van der Waals surface area contributed by atoms with Gasteiger partial charge in [0.05, 0.1) is 11.8 Å². The Kier molecular flexibility index (Phi) is 3.84. The van der Waals surface area contributed by atoms with E-state index in [9.17, 15) is 9.59 Å². The van der Waals surface area contributed by atoms with Crippen LogP contribution in [0.25, 0.3) is 0 Å². The number of fused-ring (bicyclic) bond motifs is 1. The number of unbranched alkanes of at least 4 members (excludes halogenated alkanes) is 1. The van der Waals surface area contributed by atoms with Gasteiger partial charge in [0.2, 0.25) is 11.8 Å². The lowest BCUT2D eigenvalue weighted by atomic mass is 9.85. The molecule has 2 amide bonds. The Morgan fingerprint density at radius 2 is 2.00 bits per heavy atom. The molecule has 1 aliphatic heterocycles. The largest absolute Gasteiger partial charge is 0.396 e. The minimum absolute atomic E-state index is 0.0710. The summed E-state index contributed by atoms with van der Waals surface area (Å²) >= 11 is 5.92. The minimum Gasteiger partial charge on any atom is -0.396 e. The molecule has 0 aromatic heterocycles. The van der Waals surface area contributed by atoms with Crippen molar-refractivity contribution in [2.75, 3.05) is 13.2 Å². The highest BCUT2D eigenvalue weighted by Gasteiger charge is 2.47. The van der Waals surface area contributed by atoms with E-state index >= 15 is 0 Å². The Morgan fingerprint density at radius 3 is 2.71 bits per heavy atom. The zero-order chi connectivity index (χ0) is 12.4. The van der Waals surface area contributed by atoms with Gasteiger partial charge in [-0.05, 0) is 25.7 Å². The van der Waals surface area contributed by atoms with Crippen LogP contribution in [0.3, 0.4) is 0 Å². The number of nitrogens with zero attached hydrogens (tertiary/aromatic N) is 1. The van der Waals surface area contributed by atoms with Crippen molar-refractivity contribution in [3.63, 3.8) is 0 Å². The third kappa shape index (κ3) is 2.38. The van der Waals surface area contributed by atoms with Crippen molar-refractivity contribution >= 4 is 23.4 Å². The molecule has 1 heterocycles. The number of halogens is 1. The van der Waals surface area contributed by atoms with Crippen molar-refractivity contribution in [2.45, 2.75) is 25.7 Å². The number of aliphatic hydroxyl groups is 1. The first-order valence-corrected chi connectivity index (χ1v) is 6.33. The van der Waals surface area contributed by atoms with Gasteiger partial charge in [-0.25, -0.2) is 0 Å². The van der Waals surface area contributed by atoms with Crippen LogP contribution in [0.5, 0.6) is 0 Å². The molecule has 1 saturated heterocycles. The molecule has 2 atom stereocenters. The molecule has 0 radical (unpaired) electrons. The van der Waals surface area contributed by atoms with Crippen molar-refractivity contribution in [1.29, 1.82) is 0 Å². The number of hydrogen-bond acceptors (Lipinski definition) is 3. The summed E-state index contributed by atoms with van der Waals surface area (Å²) in [5, 5.41) is 9.38. The fourth-order valence-corrected chi connectivity index (χ4v) is 2.75. The van der Waals surface area contributed by atoms with Crippen molar-refractivity contribution < 1.29 is 14.7 Å². The van der Waals surface area contributed by atoms with Crippen molar-refractivity contribution in [3.05, 3.63) is 11.1 Å². The van der Waals surface area contributed by atoms with Crippen LogP contribution in [-0.2, 0) is 9.59 Å². The first-order chi connectivity index (χ1) is 8.15. The Hall–Kier alpha value is -0.870. The Morgan fingerprint density at radius 1 is 1.29 bits per heavy atom. The Bertz CT molecular complexity index is 367. The molecular weight excluding hydrogens is 242 g/mol. The first-order valence-electron chi connectivity index (χ1n) is 5.95. The second-order valence-electron chi connectivity index (χ2n) is 4.56. The number of aliphatic hydroxyl groups excluding tert-OH is 1. The van der Waals surface area contributed by atoms with E-state index in [1.165, 1.54) is 4.90 Å². The Labute approximate surface area is 105 Å². The monoisotopic (exact) mass is 257 g/mol. The summed E-state index contributed by atoms with van der Waals surface area (Å²) in [6.07, 6.45) is 4.18. The quantitative estimate of drug-likeness (QED) is 0.610. The average Bonchev–Trinajstić information content (AvgIpc) is 2.54. The van der Waals surface area contributed by atoms with Crippen LogP contribution in [0.1, 0.15) is 25.7 Å². The van der Waals surface area contributed by atoms with Crippen LogP contribution in [0.2, 0.25) is 0 Å². The standard InChI is InChI=1S/C12H16ClNO3/c13-8-3-4-9-10(7-8)12(17)14(11(9)16)5-1-2-6-15/h3,9-10,15H,1-2,4-7H2/t9-,10-/m1/s1. The molecule has 0 aromatic carbocycles. The summed E-state index contributed by atoms with van der Waals surface area (Å²) in [7, 11) is 0. The second-order valence-corrected chi connectivity index (χ2v) is 5.05. The van der Waals surface area contributed by atoms with Crippen molar-refractivity contribution in [2.24, 2.45) is 11.8 Å². The molecule has 0 spiro atoms. The van der Waals surface area contributed by atoms with Crippen LogP contribution in [0, 0.1) is 11.8 Å². The zero-order valence-corrected chi connectivity index (χ0v) is 10.3. The summed E-state index contributed by atoms with van der Waals surface area (Å²) in [5.41, 5.74) is 0. The molecule has 1 N–H and O–H groups in total. The van der Waals surface area contributed by atoms with Gasteiger partial charge in [0.1, 0.15) is 0 Å². The third-order valence-electron chi connectivity index (χ3n) is 3.45. The fourth-order valence-electron chi connectivity index (χ4n) is 2.50. The van der Waals surface area contributed by atoms with Crippen LogP contribution in [0.4, 0.5) is 0 Å². The molecule has 0 bridgehead atoms. The molecule has 0 unspecified atom stereocenters. The highest BCUT2D eigenvalue weighted by atomic mass is 35.5. The molecule has 4 nitrogen and oxygen atoms in total. The van der Waals surface area contributed by atoms with Gasteiger partial charge in [0, 0.05) is 18.2 Å². The van der Waals surface area contributed by atoms with Gasteiger partial charge in [0.15, 0.2) is 0 Å². The molecule has 0 aromatic rings. The molecule has 17 heavy (non-hydrogen) atoms. The van der Waals surface area contributed by atoms with E-state index in [-0.39, 0.29) is 30.3 Å². The summed E-state index contributed by atoms with van der Waals surface area (Å²) in [4.78, 5) is 25.4. The number of amides is 2. The summed E-state index contributed by atoms with van der Waals surface area (Å²) in [6.45, 7) is 0.513. The summed E-state index contributed by atoms with van der Waals surface area (Å²) in [5.74, 6) is -0.629. The molecule has 0 saturated carbocycles. The van der Waals surface area contributed by atoms with Crippen LogP contribution < -0.4 is 0 Å². The normalized spacial score (nSPS) is 28.4. The van der Waals surface area contributed by atoms with Gasteiger partial charge in [-0.2, -0.15) is 0 Å². The number of rotatable bonds is 4. The van der Waals surface area contributed by atoms with Gasteiger partial charge >= 0.3 is 0 Å². The number of carbonyl (C=O) groups is 2. The van der Waals surface area contributed by atoms with Gasteiger partial charge < -0.3 is 5.11 Å². The van der Waals surface area contributed by atoms with Gasteiger partial charge in [-0.3, -0.25) is 14.5 Å². The third-order valence-corrected chi connectivity index (χ3v) is 3.76. The van der Waals surface area contributed by atoms with Gasteiger partial charge in [-0.1, -0.05) is 17.7 Å². The number of hydrogen-bond donors (Lipinski definition) is 1. The molecule has 1 fully saturated rings. The number of likely N-dealkylation sites (tertiary alicyclic amines) is 1. The molecular formula is C12H16ClNO3. The zero-order valence-electron chi connectivity index (χ0n) is 9.56. The van der Waals surface area contributed by atoms with E-state index in [0.29, 0.717) is 37.3 Å². The molecule has 2 rings (SSSR count). The molecule has 2 aliphatic rings. The van der Waals surface area contributed by atoms with E-state index in [2.05, 4.69) is 0 Å². The predicted molar refractivity (Wildman–Crippen MR) is 63.2 cm³/mol. The van der Waals surface area contributed by atoms with Crippen LogP contribution in [-0.4, -0.2) is 35.0 Å². The number of imide groups is 1. The van der Waals surface area contributed by atoms with Crippen LogP contribution >= 0.6 is 11.6 Å². The Balaban J connectivity index is 2.03. The van der Waals surface area contributed by atoms with E-state index in [4.69, 9.17) is 16.7 Å². The highest BCUT2D eigenvalue weighted by molar-refractivity contribution is 6.30. The second kappa shape index (κ2) is 5.19. The summed E-state index contributed by atoms with van der Waals surface area (Å²) < 4.78 is 0. The summed E-state index contributed by atoms with van der Waals surface area (Å²) in [6, 6.07) is 0. The lowest BCUT2D eigenvalue weighted by Gasteiger charge is -2.17. The lowest BCUT2D eigenvalue weighted by molar-refractivity contribution is -0.140. The maximum Gasteiger partial charge on any atom is 0.233 e. The number of allylic oxidation sites excluding steroid dienone is 2. The van der Waals surface area contributed by atoms with Gasteiger partial charge in [-0.15, -0.1) is 0 Å². The van der Waals surface area contributed by atoms with E-state index in [0.717, 1.165) is 0 Å². The molecule has 5 heteroatoms. The minimum atomic E-state index is -0.255. The fraction of sp³-hybridized carbons (Fsp3) is 0.667. The highest BCUT2D eigenvalue weighted by Crippen LogP contribution is 2.38. The van der Waals surface area contributed by atoms with Crippen LogP contribution in [0.15, 0.2) is 11.1 Å². The molecule has 94 valence electrons. The topological polar surface area (TPSA) is 57.6 Å². The maximum atomic E-state index is 12.0. The maximum absolute atomic E-state index is 12.0. The SMILES string of the molecule is O=C1[C@@H]2CC=C(Cl)C[C@H]2C(=O)N1CCCCO. The van der Waals surface area contributed by atoms with E-state index in [1.807, 2.05) is 6.08 Å². The van der Waals surface area contributed by atoms with Crippen molar-refractivity contribution in [1.82, 2.24) is 4.90 Å². The lowest BCUT2D eigenvalue weighted by Crippen LogP contribution is -2.32. The smallest absolute Gasteiger partial charge is 0.233 e.